The molecule has 0 aromatic carbocycles. The van der Waals surface area contributed by atoms with Gasteiger partial charge in [-0.2, -0.15) is 0 Å². The van der Waals surface area contributed by atoms with Crippen LogP contribution in [0.2, 0.25) is 0 Å². The Balaban J connectivity index is -0.000000180. The molecule has 0 heterocycles. The zero-order valence-electron chi connectivity index (χ0n) is 6.22. The lowest BCUT2D eigenvalue weighted by atomic mass is 9.92. The normalized spacial score (nSPS) is 8.89. The monoisotopic (exact) mass is 172 g/mol. The van der Waals surface area contributed by atoms with Gasteiger partial charge in [-0.15, -0.1) is 24.8 Å². The van der Waals surface area contributed by atoms with Crippen molar-refractivity contribution in [3.05, 3.63) is 0 Å². The summed E-state index contributed by atoms with van der Waals surface area (Å²) in [5.41, 5.74) is -0.139. The van der Waals surface area contributed by atoms with Gasteiger partial charge in [0, 0.05) is 5.41 Å². The van der Waals surface area contributed by atoms with Crippen LogP contribution in [0.15, 0.2) is 0 Å². The lowest BCUT2D eigenvalue weighted by molar-refractivity contribution is -0.124. The standard InChI is InChI=1S/C6H12O.2ClH/c1-5(7)6(2,3)4;;/h1-4H3;2*1H. The summed E-state index contributed by atoms with van der Waals surface area (Å²) in [6, 6.07) is 0. The summed E-state index contributed by atoms with van der Waals surface area (Å²) >= 11 is 0. The van der Waals surface area contributed by atoms with Crippen molar-refractivity contribution in [2.75, 3.05) is 0 Å². The van der Waals surface area contributed by atoms with Gasteiger partial charge >= 0.3 is 0 Å². The van der Waals surface area contributed by atoms with E-state index < -0.39 is 0 Å². The van der Waals surface area contributed by atoms with Crippen LogP contribution in [0.3, 0.4) is 0 Å². The topological polar surface area (TPSA) is 17.1 Å². The predicted octanol–water partition coefficient (Wildman–Crippen LogP) is 2.47. The highest BCUT2D eigenvalue weighted by Crippen LogP contribution is 2.12. The predicted molar refractivity (Wildman–Crippen MR) is 44.6 cm³/mol. The second kappa shape index (κ2) is 5.07. The molecular weight excluding hydrogens is 159 g/mol. The molecule has 0 saturated heterocycles. The maximum absolute atomic E-state index is 10.5. The van der Waals surface area contributed by atoms with E-state index in [1.165, 1.54) is 0 Å². The lowest BCUT2D eigenvalue weighted by Gasteiger charge is -2.11. The van der Waals surface area contributed by atoms with E-state index in [1.807, 2.05) is 20.8 Å². The number of halogens is 2. The average Bonchev–Trinajstić information content (AvgIpc) is 1.31. The van der Waals surface area contributed by atoms with Crippen LogP contribution in [0.1, 0.15) is 27.7 Å². The van der Waals surface area contributed by atoms with Crippen molar-refractivity contribution in [3.63, 3.8) is 0 Å². The molecular formula is C6H14Cl2O. The highest BCUT2D eigenvalue weighted by Gasteiger charge is 2.14. The van der Waals surface area contributed by atoms with Gasteiger partial charge in [0.25, 0.3) is 0 Å². The first-order valence-electron chi connectivity index (χ1n) is 2.45. The maximum atomic E-state index is 10.5. The van der Waals surface area contributed by atoms with E-state index in [1.54, 1.807) is 6.92 Å². The van der Waals surface area contributed by atoms with Crippen molar-refractivity contribution in [2.24, 2.45) is 5.41 Å². The van der Waals surface area contributed by atoms with Crippen molar-refractivity contribution >= 4 is 30.6 Å². The van der Waals surface area contributed by atoms with Gasteiger partial charge in [0.05, 0.1) is 0 Å². The van der Waals surface area contributed by atoms with Gasteiger partial charge in [-0.1, -0.05) is 20.8 Å². The minimum atomic E-state index is -0.139. The molecule has 0 N–H and O–H groups in total. The smallest absolute Gasteiger partial charge is 0.135 e. The molecule has 0 aromatic heterocycles. The van der Waals surface area contributed by atoms with Crippen LogP contribution >= 0.6 is 24.8 Å². The summed E-state index contributed by atoms with van der Waals surface area (Å²) in [7, 11) is 0. The Hall–Kier alpha value is 0.250. The van der Waals surface area contributed by atoms with Crippen LogP contribution in [0.25, 0.3) is 0 Å². The van der Waals surface area contributed by atoms with E-state index in [9.17, 15) is 4.79 Å². The number of carbonyl (C=O) groups is 1. The van der Waals surface area contributed by atoms with Crippen LogP contribution in [0.4, 0.5) is 0 Å². The van der Waals surface area contributed by atoms with E-state index >= 15 is 0 Å². The Labute approximate surface area is 69.0 Å². The molecule has 0 spiro atoms. The minimum Gasteiger partial charge on any atom is -0.299 e. The summed E-state index contributed by atoms with van der Waals surface area (Å²) < 4.78 is 0. The summed E-state index contributed by atoms with van der Waals surface area (Å²) in [4.78, 5) is 10.5. The number of Topliss-reactive ketones (excluding diaryl/α,β-unsaturated/α-hetero) is 1. The van der Waals surface area contributed by atoms with E-state index in [2.05, 4.69) is 0 Å². The molecule has 0 fully saturated rings. The van der Waals surface area contributed by atoms with Crippen molar-refractivity contribution in [2.45, 2.75) is 27.7 Å². The first-order chi connectivity index (χ1) is 2.94. The first kappa shape index (κ1) is 16.1. The number of hydrogen-bond acceptors (Lipinski definition) is 1. The Morgan fingerprint density at radius 1 is 1.11 bits per heavy atom. The lowest BCUT2D eigenvalue weighted by Crippen LogP contribution is -2.15. The molecule has 3 heteroatoms. The molecule has 0 rings (SSSR count). The van der Waals surface area contributed by atoms with E-state index in [4.69, 9.17) is 0 Å². The van der Waals surface area contributed by atoms with Gasteiger partial charge in [0.1, 0.15) is 5.78 Å². The molecule has 9 heavy (non-hydrogen) atoms. The molecule has 0 aliphatic carbocycles. The summed E-state index contributed by atoms with van der Waals surface area (Å²) in [5, 5.41) is 0. The second-order valence-electron chi connectivity index (χ2n) is 2.81. The Morgan fingerprint density at radius 2 is 1.22 bits per heavy atom. The van der Waals surface area contributed by atoms with Gasteiger partial charge in [0.15, 0.2) is 0 Å². The van der Waals surface area contributed by atoms with E-state index in [0.717, 1.165) is 0 Å². The van der Waals surface area contributed by atoms with Gasteiger partial charge in [-0.25, -0.2) is 0 Å². The Kier molecular flexibility index (Phi) is 9.08. The van der Waals surface area contributed by atoms with Crippen LogP contribution in [0, 0.1) is 5.41 Å². The summed E-state index contributed by atoms with van der Waals surface area (Å²) in [5.74, 6) is 0.243. The first-order valence-corrected chi connectivity index (χ1v) is 2.45. The molecule has 0 aliphatic heterocycles. The van der Waals surface area contributed by atoms with Crippen molar-refractivity contribution in [1.29, 1.82) is 0 Å². The highest BCUT2D eigenvalue weighted by molar-refractivity contribution is 5.85. The SMILES string of the molecule is CC(=O)C(C)(C)C.Cl.Cl. The van der Waals surface area contributed by atoms with E-state index in [-0.39, 0.29) is 36.0 Å². The largest absolute Gasteiger partial charge is 0.299 e. The number of hydrogen-bond donors (Lipinski definition) is 0. The van der Waals surface area contributed by atoms with Crippen LogP contribution < -0.4 is 0 Å². The molecule has 0 bridgehead atoms. The van der Waals surface area contributed by atoms with Gasteiger partial charge < -0.3 is 0 Å². The Morgan fingerprint density at radius 3 is 1.22 bits per heavy atom. The van der Waals surface area contributed by atoms with Crippen LogP contribution in [0.5, 0.6) is 0 Å². The molecule has 0 atom stereocenters. The van der Waals surface area contributed by atoms with Crippen LogP contribution in [-0.4, -0.2) is 5.78 Å². The van der Waals surface area contributed by atoms with E-state index in [0.29, 0.717) is 0 Å². The summed E-state index contributed by atoms with van der Waals surface area (Å²) in [6.07, 6.45) is 0. The minimum absolute atomic E-state index is 0. The van der Waals surface area contributed by atoms with Crippen molar-refractivity contribution in [1.82, 2.24) is 0 Å². The number of ketones is 1. The van der Waals surface area contributed by atoms with Gasteiger partial charge in [-0.05, 0) is 6.92 Å². The zero-order valence-corrected chi connectivity index (χ0v) is 7.86. The third-order valence-electron chi connectivity index (χ3n) is 1.06. The molecule has 0 saturated carbocycles. The van der Waals surface area contributed by atoms with Gasteiger partial charge in [-0.3, -0.25) is 4.79 Å². The molecule has 58 valence electrons. The fourth-order valence-electron chi connectivity index (χ4n) is 0. The van der Waals surface area contributed by atoms with Gasteiger partial charge in [0.2, 0.25) is 0 Å². The molecule has 0 unspecified atom stereocenters. The van der Waals surface area contributed by atoms with Crippen LogP contribution in [-0.2, 0) is 4.79 Å². The average molecular weight is 173 g/mol. The molecule has 0 radical (unpaired) electrons. The number of rotatable bonds is 0. The highest BCUT2D eigenvalue weighted by atomic mass is 35.5. The molecule has 0 aromatic rings. The quantitative estimate of drug-likeness (QED) is 0.549. The Bertz CT molecular complexity index is 83.5. The summed E-state index contributed by atoms with van der Waals surface area (Å²) in [6.45, 7) is 7.35. The molecule has 1 nitrogen and oxygen atoms in total. The van der Waals surface area contributed by atoms with Crippen molar-refractivity contribution < 1.29 is 4.79 Å². The number of carbonyl (C=O) groups excluding carboxylic acids is 1. The molecule has 0 aliphatic rings. The fourth-order valence-corrected chi connectivity index (χ4v) is 0. The third kappa shape index (κ3) is 8.25. The fraction of sp³-hybridized carbons (Fsp3) is 0.833. The molecule has 0 amide bonds. The zero-order chi connectivity index (χ0) is 6.08. The maximum Gasteiger partial charge on any atom is 0.135 e. The second-order valence-corrected chi connectivity index (χ2v) is 2.81. The van der Waals surface area contributed by atoms with Crippen molar-refractivity contribution in [3.8, 4) is 0 Å². The third-order valence-corrected chi connectivity index (χ3v) is 1.06.